The predicted octanol–water partition coefficient (Wildman–Crippen LogP) is 1.40. The van der Waals surface area contributed by atoms with Gasteiger partial charge in [0.25, 0.3) is 0 Å². The summed E-state index contributed by atoms with van der Waals surface area (Å²) >= 11 is 0. The van der Waals surface area contributed by atoms with Crippen LogP contribution < -0.4 is 9.46 Å². The molecule has 0 radical (unpaired) electrons. The number of sulfonamides is 1. The highest BCUT2D eigenvalue weighted by atomic mass is 32.2. The first-order valence-corrected chi connectivity index (χ1v) is 8.18. The molecular formula is C13H13N5O3S. The van der Waals surface area contributed by atoms with Gasteiger partial charge in [0.05, 0.1) is 42.5 Å². The Morgan fingerprint density at radius 1 is 1.23 bits per heavy atom. The lowest BCUT2D eigenvalue weighted by Gasteiger charge is -2.09. The first-order valence-electron chi connectivity index (χ1n) is 6.29. The maximum Gasteiger partial charge on any atom is 0.229 e. The quantitative estimate of drug-likeness (QED) is 0.752. The number of fused-ring (bicyclic) bond motifs is 1. The zero-order valence-electron chi connectivity index (χ0n) is 11.9. The third-order valence-electron chi connectivity index (χ3n) is 2.95. The van der Waals surface area contributed by atoms with E-state index in [0.29, 0.717) is 28.3 Å². The number of rotatable bonds is 4. The third kappa shape index (κ3) is 2.84. The molecule has 3 rings (SSSR count). The zero-order valence-corrected chi connectivity index (χ0v) is 12.7. The van der Waals surface area contributed by atoms with Gasteiger partial charge in [-0.05, 0) is 12.1 Å². The minimum Gasteiger partial charge on any atom is -0.496 e. The Balaban J connectivity index is 2.06. The highest BCUT2D eigenvalue weighted by molar-refractivity contribution is 7.92. The van der Waals surface area contributed by atoms with E-state index in [1.165, 1.54) is 7.11 Å². The molecule has 0 spiro atoms. The minimum atomic E-state index is -3.35. The van der Waals surface area contributed by atoms with E-state index >= 15 is 0 Å². The summed E-state index contributed by atoms with van der Waals surface area (Å²) in [4.78, 5) is 7.54. The third-order valence-corrected chi connectivity index (χ3v) is 3.56. The standard InChI is InChI=1S/C13H13N5O3S/c1-21-12-5-8(18-22(2,19)20)3-4-9(12)13-16-10-6-14-15-7-11(10)17-13/h3-7,18H,1-2H3,(H,16,17). The van der Waals surface area contributed by atoms with Gasteiger partial charge in [-0.2, -0.15) is 10.2 Å². The number of methoxy groups -OCH3 is 1. The number of anilines is 1. The van der Waals surface area contributed by atoms with Crippen molar-refractivity contribution in [1.82, 2.24) is 20.2 Å². The largest absolute Gasteiger partial charge is 0.496 e. The van der Waals surface area contributed by atoms with Crippen molar-refractivity contribution < 1.29 is 13.2 Å². The summed E-state index contributed by atoms with van der Waals surface area (Å²) in [6.07, 6.45) is 4.23. The highest BCUT2D eigenvalue weighted by Crippen LogP contribution is 2.31. The molecule has 8 nitrogen and oxygen atoms in total. The molecule has 0 saturated heterocycles. The van der Waals surface area contributed by atoms with Gasteiger partial charge in [-0.25, -0.2) is 13.4 Å². The highest BCUT2D eigenvalue weighted by Gasteiger charge is 2.13. The van der Waals surface area contributed by atoms with E-state index < -0.39 is 10.0 Å². The molecule has 114 valence electrons. The first kappa shape index (κ1) is 14.3. The minimum absolute atomic E-state index is 0.419. The molecule has 0 saturated carbocycles. The van der Waals surface area contributed by atoms with Gasteiger partial charge >= 0.3 is 0 Å². The first-order chi connectivity index (χ1) is 10.5. The Hall–Kier alpha value is -2.68. The molecule has 9 heteroatoms. The van der Waals surface area contributed by atoms with E-state index in [0.717, 1.165) is 11.8 Å². The summed E-state index contributed by atoms with van der Waals surface area (Å²) in [7, 11) is -1.84. The molecule has 2 N–H and O–H groups in total. The van der Waals surface area contributed by atoms with Gasteiger partial charge in [-0.15, -0.1) is 0 Å². The smallest absolute Gasteiger partial charge is 0.229 e. The Labute approximate surface area is 126 Å². The molecule has 1 aromatic carbocycles. The lowest BCUT2D eigenvalue weighted by atomic mass is 10.1. The number of benzene rings is 1. The van der Waals surface area contributed by atoms with E-state index in [-0.39, 0.29) is 0 Å². The average Bonchev–Trinajstić information content (AvgIpc) is 2.89. The van der Waals surface area contributed by atoms with Gasteiger partial charge in [-0.3, -0.25) is 4.72 Å². The van der Waals surface area contributed by atoms with Gasteiger partial charge in [0.2, 0.25) is 10.0 Å². The maximum absolute atomic E-state index is 11.3. The number of nitrogens with zero attached hydrogens (tertiary/aromatic N) is 3. The predicted molar refractivity (Wildman–Crippen MR) is 82.1 cm³/mol. The van der Waals surface area contributed by atoms with Crippen LogP contribution in [0, 0.1) is 0 Å². The van der Waals surface area contributed by atoms with Gasteiger partial charge in [0.1, 0.15) is 17.1 Å². The van der Waals surface area contributed by atoms with Gasteiger partial charge < -0.3 is 9.72 Å². The molecule has 2 aromatic heterocycles. The number of aromatic amines is 1. The summed E-state index contributed by atoms with van der Waals surface area (Å²) in [5.74, 6) is 1.08. The Morgan fingerprint density at radius 3 is 2.68 bits per heavy atom. The fourth-order valence-corrected chi connectivity index (χ4v) is 2.62. The summed E-state index contributed by atoms with van der Waals surface area (Å²) in [6.45, 7) is 0. The van der Waals surface area contributed by atoms with Gasteiger partial charge in [0.15, 0.2) is 0 Å². The van der Waals surface area contributed by atoms with Crippen molar-refractivity contribution in [3.05, 3.63) is 30.6 Å². The second kappa shape index (κ2) is 5.26. The molecule has 0 bridgehead atoms. The lowest BCUT2D eigenvalue weighted by molar-refractivity contribution is 0.416. The number of H-pyrrole nitrogens is 1. The van der Waals surface area contributed by atoms with Crippen LogP contribution in [0.5, 0.6) is 5.75 Å². The molecule has 2 heterocycles. The van der Waals surface area contributed by atoms with E-state index in [1.807, 2.05) is 0 Å². The molecule has 22 heavy (non-hydrogen) atoms. The van der Waals surface area contributed by atoms with E-state index in [4.69, 9.17) is 4.74 Å². The Kier molecular flexibility index (Phi) is 3.41. The lowest BCUT2D eigenvalue weighted by Crippen LogP contribution is -2.09. The Bertz CT molecular complexity index is 903. The topological polar surface area (TPSA) is 110 Å². The van der Waals surface area contributed by atoms with Crippen LogP contribution in [0.2, 0.25) is 0 Å². The second-order valence-corrected chi connectivity index (χ2v) is 6.41. The van der Waals surface area contributed by atoms with Crippen molar-refractivity contribution in [2.75, 3.05) is 18.1 Å². The van der Waals surface area contributed by atoms with Gasteiger partial charge in [-0.1, -0.05) is 0 Å². The zero-order chi connectivity index (χ0) is 15.7. The molecule has 0 unspecified atom stereocenters. The summed E-state index contributed by atoms with van der Waals surface area (Å²) < 4.78 is 30.3. The van der Waals surface area contributed by atoms with E-state index in [1.54, 1.807) is 30.6 Å². The number of nitrogens with one attached hydrogen (secondary N) is 2. The van der Waals surface area contributed by atoms with E-state index in [2.05, 4.69) is 24.9 Å². The van der Waals surface area contributed by atoms with Crippen LogP contribution in [-0.2, 0) is 10.0 Å². The van der Waals surface area contributed by atoms with Crippen molar-refractivity contribution in [2.45, 2.75) is 0 Å². The summed E-state index contributed by atoms with van der Waals surface area (Å²) in [6, 6.07) is 4.97. The van der Waals surface area contributed by atoms with Crippen molar-refractivity contribution >= 4 is 26.7 Å². The van der Waals surface area contributed by atoms with Crippen molar-refractivity contribution in [1.29, 1.82) is 0 Å². The second-order valence-electron chi connectivity index (χ2n) is 4.66. The molecule has 0 atom stereocenters. The number of imidazole rings is 1. The van der Waals surface area contributed by atoms with Crippen LogP contribution in [0.15, 0.2) is 30.6 Å². The van der Waals surface area contributed by atoms with Crippen LogP contribution in [-0.4, -0.2) is 41.9 Å². The van der Waals surface area contributed by atoms with Crippen LogP contribution in [0.4, 0.5) is 5.69 Å². The van der Waals surface area contributed by atoms with Crippen LogP contribution in [0.3, 0.4) is 0 Å². The van der Waals surface area contributed by atoms with E-state index in [9.17, 15) is 8.42 Å². The van der Waals surface area contributed by atoms with Crippen LogP contribution >= 0.6 is 0 Å². The monoisotopic (exact) mass is 319 g/mol. The number of hydrogen-bond donors (Lipinski definition) is 2. The van der Waals surface area contributed by atoms with Crippen LogP contribution in [0.25, 0.3) is 22.4 Å². The molecule has 0 amide bonds. The number of ether oxygens (including phenoxy) is 1. The Morgan fingerprint density at radius 2 is 2.00 bits per heavy atom. The molecule has 3 aromatic rings. The summed E-state index contributed by atoms with van der Waals surface area (Å²) in [5, 5.41) is 7.56. The molecule has 0 aliphatic carbocycles. The van der Waals surface area contributed by atoms with Gasteiger partial charge in [0, 0.05) is 6.07 Å². The van der Waals surface area contributed by atoms with Crippen molar-refractivity contribution in [2.24, 2.45) is 0 Å². The van der Waals surface area contributed by atoms with Crippen molar-refractivity contribution in [3.8, 4) is 17.1 Å². The summed E-state index contributed by atoms with van der Waals surface area (Å²) in [5.41, 5.74) is 2.57. The number of aromatic nitrogens is 4. The van der Waals surface area contributed by atoms with Crippen molar-refractivity contribution in [3.63, 3.8) is 0 Å². The normalized spacial score (nSPS) is 11.5. The van der Waals surface area contributed by atoms with Crippen LogP contribution in [0.1, 0.15) is 0 Å². The number of hydrogen-bond acceptors (Lipinski definition) is 6. The SMILES string of the molecule is COc1cc(NS(C)(=O)=O)ccc1-c1nc2cnncc2[nH]1. The molecule has 0 aliphatic rings. The fraction of sp³-hybridized carbons (Fsp3) is 0.154. The fourth-order valence-electron chi connectivity index (χ4n) is 2.07. The molecule has 0 aliphatic heterocycles. The molecule has 0 fully saturated rings. The molecular weight excluding hydrogens is 306 g/mol. The maximum atomic E-state index is 11.3. The average molecular weight is 319 g/mol.